The first kappa shape index (κ1) is 22.1. The summed E-state index contributed by atoms with van der Waals surface area (Å²) in [6.07, 6.45) is 5.30. The van der Waals surface area contributed by atoms with E-state index in [1.54, 1.807) is 28.9 Å². The van der Waals surface area contributed by atoms with Gasteiger partial charge >= 0.3 is 0 Å². The molecule has 10 heteroatoms. The Balaban J connectivity index is 1.26. The number of nitrogens with one attached hydrogen (secondary N) is 1. The lowest BCUT2D eigenvalue weighted by molar-refractivity contribution is 0.0341. The number of carbonyl (C=O) groups excluding carboxylic acids is 1. The van der Waals surface area contributed by atoms with E-state index in [0.717, 1.165) is 59.3 Å². The fourth-order valence-electron chi connectivity index (χ4n) is 4.12. The minimum Gasteiger partial charge on any atom is -0.379 e. The Kier molecular flexibility index (Phi) is 5.91. The van der Waals surface area contributed by atoms with Gasteiger partial charge in [-0.1, -0.05) is 35.1 Å². The van der Waals surface area contributed by atoms with Gasteiger partial charge in [0.25, 0.3) is 5.91 Å². The number of benzene rings is 1. The van der Waals surface area contributed by atoms with Crippen molar-refractivity contribution in [2.24, 2.45) is 0 Å². The predicted octanol–water partition coefficient (Wildman–Crippen LogP) is 4.74. The van der Waals surface area contributed by atoms with E-state index in [4.69, 9.17) is 21.3 Å². The smallest absolute Gasteiger partial charge is 0.275 e. The monoisotopic (exact) mass is 504 g/mol. The summed E-state index contributed by atoms with van der Waals surface area (Å²) in [5.41, 5.74) is 4.45. The molecule has 1 saturated heterocycles. The summed E-state index contributed by atoms with van der Waals surface area (Å²) in [7, 11) is 0. The van der Waals surface area contributed by atoms with Gasteiger partial charge < -0.3 is 14.5 Å². The van der Waals surface area contributed by atoms with Crippen LogP contribution >= 0.6 is 22.9 Å². The molecule has 4 aromatic heterocycles. The Morgan fingerprint density at radius 1 is 1.11 bits per heavy atom. The number of pyridine rings is 2. The van der Waals surface area contributed by atoms with Crippen LogP contribution < -0.4 is 5.32 Å². The highest BCUT2D eigenvalue weighted by Crippen LogP contribution is 2.34. The number of morpholine rings is 1. The third kappa shape index (κ3) is 4.63. The largest absolute Gasteiger partial charge is 0.379 e. The van der Waals surface area contributed by atoms with Gasteiger partial charge in [-0.05, 0) is 35.9 Å². The summed E-state index contributed by atoms with van der Waals surface area (Å²) in [6.45, 7) is 4.21. The van der Waals surface area contributed by atoms with Crippen LogP contribution in [-0.2, 0) is 11.3 Å². The second-order valence-corrected chi connectivity index (χ2v) is 9.73. The molecule has 5 aromatic rings. The van der Waals surface area contributed by atoms with Crippen molar-refractivity contribution in [3.8, 4) is 10.6 Å². The van der Waals surface area contributed by atoms with Crippen LogP contribution in [0.5, 0.6) is 0 Å². The number of para-hydroxylation sites is 1. The van der Waals surface area contributed by atoms with Gasteiger partial charge in [0.15, 0.2) is 0 Å². The van der Waals surface area contributed by atoms with Crippen molar-refractivity contribution >= 4 is 50.5 Å². The molecule has 1 aliphatic rings. The Labute approximate surface area is 210 Å². The summed E-state index contributed by atoms with van der Waals surface area (Å²) >= 11 is 7.56. The van der Waals surface area contributed by atoms with Crippen molar-refractivity contribution in [3.05, 3.63) is 77.3 Å². The van der Waals surface area contributed by atoms with E-state index in [1.165, 1.54) is 11.3 Å². The molecular weight excluding hydrogens is 484 g/mol. The second-order valence-electron chi connectivity index (χ2n) is 8.31. The van der Waals surface area contributed by atoms with Crippen molar-refractivity contribution in [1.29, 1.82) is 0 Å². The molecule has 5 heterocycles. The first-order valence-electron chi connectivity index (χ1n) is 11.2. The van der Waals surface area contributed by atoms with Crippen LogP contribution in [0.25, 0.3) is 26.6 Å². The zero-order valence-electron chi connectivity index (χ0n) is 18.6. The average molecular weight is 505 g/mol. The molecule has 0 unspecified atom stereocenters. The Morgan fingerprint density at radius 3 is 2.86 bits per heavy atom. The van der Waals surface area contributed by atoms with Crippen molar-refractivity contribution in [3.63, 3.8) is 0 Å². The van der Waals surface area contributed by atoms with E-state index in [0.29, 0.717) is 22.1 Å². The van der Waals surface area contributed by atoms with E-state index in [2.05, 4.69) is 26.3 Å². The van der Waals surface area contributed by atoms with Gasteiger partial charge in [-0.15, -0.1) is 0 Å². The van der Waals surface area contributed by atoms with E-state index in [-0.39, 0.29) is 5.91 Å². The third-order valence-corrected chi connectivity index (χ3v) is 7.10. The van der Waals surface area contributed by atoms with E-state index >= 15 is 0 Å². The zero-order chi connectivity index (χ0) is 23.8. The Morgan fingerprint density at radius 2 is 1.97 bits per heavy atom. The summed E-state index contributed by atoms with van der Waals surface area (Å²) in [4.78, 5) is 30.1. The first-order chi connectivity index (χ1) is 17.1. The molecule has 35 heavy (non-hydrogen) atoms. The van der Waals surface area contributed by atoms with Crippen LogP contribution in [0.15, 0.2) is 61.1 Å². The summed E-state index contributed by atoms with van der Waals surface area (Å²) in [5, 5.41) is 4.36. The number of fused-ring (bicyclic) bond motifs is 2. The van der Waals surface area contributed by atoms with E-state index in [1.807, 2.05) is 30.5 Å². The third-order valence-electron chi connectivity index (χ3n) is 5.87. The first-order valence-corrected chi connectivity index (χ1v) is 12.4. The molecule has 0 atom stereocenters. The molecular formula is C25H21ClN6O2S. The van der Waals surface area contributed by atoms with Gasteiger partial charge in [-0.25, -0.2) is 15.0 Å². The standard InChI is InChI=1S/C25H21ClN6O2S/c26-17-5-6-22-28-21(15-32(22)14-17)23(33)29-19-4-2-1-3-18(19)24-30-20-11-16(12-27-25(20)35-24)13-31-7-9-34-10-8-31/h1-6,11-12,14-15H,7-10,13H2,(H,29,33). The number of imidazole rings is 1. The SMILES string of the molecule is O=C(Nc1ccccc1-c1nc2cc(CN3CCOCC3)cnc2s1)c1cn2cc(Cl)ccc2n1. The number of ether oxygens (including phenoxy) is 1. The van der Waals surface area contributed by atoms with Crippen molar-refractivity contribution < 1.29 is 9.53 Å². The van der Waals surface area contributed by atoms with Gasteiger partial charge in [-0.3, -0.25) is 9.69 Å². The molecule has 0 bridgehead atoms. The molecule has 0 saturated carbocycles. The van der Waals surface area contributed by atoms with Crippen LogP contribution in [0.3, 0.4) is 0 Å². The van der Waals surface area contributed by atoms with Crippen molar-refractivity contribution in [1.82, 2.24) is 24.3 Å². The number of amides is 1. The van der Waals surface area contributed by atoms with Crippen molar-refractivity contribution in [2.75, 3.05) is 31.6 Å². The Hall–Kier alpha value is -3.37. The topological polar surface area (TPSA) is 84.7 Å². The minimum atomic E-state index is -0.302. The van der Waals surface area contributed by atoms with Gasteiger partial charge in [-0.2, -0.15) is 0 Å². The lowest BCUT2D eigenvalue weighted by atomic mass is 10.2. The number of hydrogen-bond acceptors (Lipinski definition) is 7. The van der Waals surface area contributed by atoms with E-state index < -0.39 is 0 Å². The van der Waals surface area contributed by atoms with Gasteiger partial charge in [0.05, 0.1) is 23.9 Å². The molecule has 8 nitrogen and oxygen atoms in total. The zero-order valence-corrected chi connectivity index (χ0v) is 20.2. The summed E-state index contributed by atoms with van der Waals surface area (Å²) in [6, 6.07) is 13.2. The summed E-state index contributed by atoms with van der Waals surface area (Å²) < 4.78 is 7.17. The maximum atomic E-state index is 13.0. The highest BCUT2D eigenvalue weighted by Gasteiger charge is 2.17. The molecule has 1 fully saturated rings. The number of carbonyl (C=O) groups is 1. The number of anilines is 1. The average Bonchev–Trinajstić information content (AvgIpc) is 3.48. The molecule has 1 aliphatic heterocycles. The lowest BCUT2D eigenvalue weighted by Crippen LogP contribution is -2.35. The molecule has 1 N–H and O–H groups in total. The minimum absolute atomic E-state index is 0.302. The van der Waals surface area contributed by atoms with Crippen molar-refractivity contribution in [2.45, 2.75) is 6.54 Å². The van der Waals surface area contributed by atoms with Gasteiger partial charge in [0.2, 0.25) is 0 Å². The maximum Gasteiger partial charge on any atom is 0.275 e. The van der Waals surface area contributed by atoms with Crippen LogP contribution in [0.1, 0.15) is 16.1 Å². The van der Waals surface area contributed by atoms with Crippen LogP contribution in [0.4, 0.5) is 5.69 Å². The quantitative estimate of drug-likeness (QED) is 0.372. The van der Waals surface area contributed by atoms with Crippen LogP contribution in [0.2, 0.25) is 5.02 Å². The van der Waals surface area contributed by atoms with E-state index in [9.17, 15) is 4.79 Å². The summed E-state index contributed by atoms with van der Waals surface area (Å²) in [5.74, 6) is -0.302. The Bertz CT molecular complexity index is 1540. The molecule has 0 radical (unpaired) electrons. The lowest BCUT2D eigenvalue weighted by Gasteiger charge is -2.26. The highest BCUT2D eigenvalue weighted by atomic mass is 35.5. The predicted molar refractivity (Wildman–Crippen MR) is 137 cm³/mol. The second kappa shape index (κ2) is 9.35. The number of thiazole rings is 1. The fourth-order valence-corrected chi connectivity index (χ4v) is 5.22. The number of rotatable bonds is 5. The normalized spacial score (nSPS) is 14.5. The number of halogens is 1. The molecule has 176 valence electrons. The van der Waals surface area contributed by atoms with Crippen LogP contribution in [0, 0.1) is 0 Å². The fraction of sp³-hybridized carbons (Fsp3) is 0.200. The number of aromatic nitrogens is 4. The van der Waals surface area contributed by atoms with Crippen LogP contribution in [-0.4, -0.2) is 56.5 Å². The van der Waals surface area contributed by atoms with Gasteiger partial charge in [0.1, 0.15) is 26.7 Å². The molecule has 0 spiro atoms. The van der Waals surface area contributed by atoms with Gasteiger partial charge in [0, 0.05) is 43.8 Å². The number of nitrogens with zero attached hydrogens (tertiary/aromatic N) is 5. The molecule has 0 aliphatic carbocycles. The maximum absolute atomic E-state index is 13.0. The highest BCUT2D eigenvalue weighted by molar-refractivity contribution is 7.21. The molecule has 6 rings (SSSR count). The molecule has 1 aromatic carbocycles. The number of hydrogen-bond donors (Lipinski definition) is 1. The molecule has 1 amide bonds.